The van der Waals surface area contributed by atoms with Gasteiger partial charge in [-0.3, -0.25) is 10.0 Å². The van der Waals surface area contributed by atoms with Crippen LogP contribution in [0.25, 0.3) is 0 Å². The van der Waals surface area contributed by atoms with E-state index in [4.69, 9.17) is 27.8 Å². The normalized spacial score (nSPS) is 15.7. The van der Waals surface area contributed by atoms with Gasteiger partial charge in [0.15, 0.2) is 0 Å². The van der Waals surface area contributed by atoms with Crippen LogP contribution in [0.15, 0.2) is 6.20 Å². The van der Waals surface area contributed by atoms with Gasteiger partial charge in [0.1, 0.15) is 23.3 Å². The third-order valence-corrected chi connectivity index (χ3v) is 5.05. The van der Waals surface area contributed by atoms with Gasteiger partial charge in [0.2, 0.25) is 18.1 Å². The molecule has 27 heavy (non-hydrogen) atoms. The molecule has 0 saturated heterocycles. The first-order chi connectivity index (χ1) is 12.7. The predicted molar refractivity (Wildman–Crippen MR) is 98.9 cm³/mol. The number of hydrogen-bond acceptors (Lipinski definition) is 7. The monoisotopic (exact) mass is 393 g/mol. The number of carbonyl (C=O) groups is 1. The van der Waals surface area contributed by atoms with Crippen LogP contribution in [0.4, 0.5) is 11.8 Å². The van der Waals surface area contributed by atoms with E-state index >= 15 is 0 Å². The van der Waals surface area contributed by atoms with Gasteiger partial charge in [-0.05, 0) is 13.8 Å². The van der Waals surface area contributed by atoms with Crippen LogP contribution in [-0.2, 0) is 11.3 Å². The molecule has 3 heterocycles. The molecule has 0 aliphatic carbocycles. The summed E-state index contributed by atoms with van der Waals surface area (Å²) in [5.41, 5.74) is 14.0. The first-order valence-corrected chi connectivity index (χ1v) is 8.74. The number of nitrogen functional groups attached to an aromatic ring is 1. The van der Waals surface area contributed by atoms with E-state index in [0.29, 0.717) is 35.9 Å². The van der Waals surface area contributed by atoms with E-state index in [-0.39, 0.29) is 23.4 Å². The smallest absolute Gasteiger partial charge is 0.259 e. The van der Waals surface area contributed by atoms with Crippen LogP contribution < -0.4 is 25.8 Å². The molecule has 0 bridgehead atoms. The van der Waals surface area contributed by atoms with Crippen LogP contribution in [0, 0.1) is 13.8 Å². The van der Waals surface area contributed by atoms with Crippen LogP contribution >= 0.6 is 11.6 Å². The topological polar surface area (TPSA) is 131 Å². The third-order valence-electron chi connectivity index (χ3n) is 4.76. The number of anilines is 2. The number of rotatable bonds is 5. The third kappa shape index (κ3) is 3.42. The van der Waals surface area contributed by atoms with Gasteiger partial charge in [0.05, 0.1) is 18.2 Å². The molecule has 0 radical (unpaired) electrons. The largest absolute Gasteiger partial charge is 0.496 e. The summed E-state index contributed by atoms with van der Waals surface area (Å²) in [7, 11) is 1.59. The van der Waals surface area contributed by atoms with Crippen molar-refractivity contribution in [2.45, 2.75) is 32.7 Å². The van der Waals surface area contributed by atoms with E-state index in [1.807, 2.05) is 18.7 Å². The summed E-state index contributed by atoms with van der Waals surface area (Å²) in [5.74, 6) is 0.594. The van der Waals surface area contributed by atoms with Crippen molar-refractivity contribution in [3.05, 3.63) is 33.7 Å². The van der Waals surface area contributed by atoms with Gasteiger partial charge in [-0.2, -0.15) is 4.98 Å². The predicted octanol–water partition coefficient (Wildman–Crippen LogP) is 0.842. The molecule has 1 unspecified atom stereocenters. The summed E-state index contributed by atoms with van der Waals surface area (Å²) in [6.45, 7) is 4.48. The first-order valence-electron chi connectivity index (χ1n) is 8.37. The fourth-order valence-electron chi connectivity index (χ4n) is 3.64. The average Bonchev–Trinajstić information content (AvgIpc) is 2.88. The van der Waals surface area contributed by atoms with Gasteiger partial charge < -0.3 is 21.1 Å². The van der Waals surface area contributed by atoms with Crippen molar-refractivity contribution >= 4 is 29.3 Å². The van der Waals surface area contributed by atoms with E-state index in [1.165, 1.54) is 0 Å². The van der Waals surface area contributed by atoms with Crippen LogP contribution in [0.5, 0.6) is 5.75 Å². The SMILES string of the molecule is COc1c(C)c[n+](O)c(CN2CC(CC(N)=O)c3c(Cl)nc(N)nc32)c1C. The van der Waals surface area contributed by atoms with Crippen molar-refractivity contribution in [1.29, 1.82) is 0 Å². The molecule has 9 nitrogen and oxygen atoms in total. The molecule has 2 aromatic rings. The number of amides is 1. The zero-order chi connectivity index (χ0) is 19.9. The van der Waals surface area contributed by atoms with Gasteiger partial charge in [0.25, 0.3) is 5.69 Å². The summed E-state index contributed by atoms with van der Waals surface area (Å²) < 4.78 is 6.52. The lowest BCUT2D eigenvalue weighted by Gasteiger charge is -2.18. The maximum atomic E-state index is 11.5. The number of primary amides is 1. The van der Waals surface area contributed by atoms with E-state index in [0.717, 1.165) is 15.9 Å². The van der Waals surface area contributed by atoms with Crippen molar-refractivity contribution in [2.75, 3.05) is 24.3 Å². The van der Waals surface area contributed by atoms with E-state index in [2.05, 4.69) is 9.97 Å². The molecule has 2 aromatic heterocycles. The Labute approximate surface area is 161 Å². The fraction of sp³-hybridized carbons (Fsp3) is 0.412. The number of aryl methyl sites for hydroxylation is 1. The molecule has 144 valence electrons. The number of hydrogen-bond donors (Lipinski definition) is 3. The Balaban J connectivity index is 2.04. The summed E-state index contributed by atoms with van der Waals surface area (Å²) in [6.07, 6.45) is 1.70. The Kier molecular flexibility index (Phi) is 4.97. The Morgan fingerprint density at radius 3 is 2.81 bits per heavy atom. The molecule has 1 aliphatic rings. The van der Waals surface area contributed by atoms with Gasteiger partial charge in [-0.1, -0.05) is 11.6 Å². The number of pyridine rings is 1. The molecule has 1 atom stereocenters. The number of ether oxygens (including phenoxy) is 1. The van der Waals surface area contributed by atoms with E-state index in [1.54, 1.807) is 13.3 Å². The van der Waals surface area contributed by atoms with Crippen molar-refractivity contribution < 1.29 is 19.5 Å². The number of aromatic nitrogens is 3. The summed E-state index contributed by atoms with van der Waals surface area (Å²) in [6, 6.07) is 0. The number of halogens is 1. The summed E-state index contributed by atoms with van der Waals surface area (Å²) >= 11 is 6.27. The van der Waals surface area contributed by atoms with Gasteiger partial charge in [-0.25, -0.2) is 4.98 Å². The van der Waals surface area contributed by atoms with Crippen molar-refractivity contribution in [2.24, 2.45) is 5.73 Å². The number of nitrogens with two attached hydrogens (primary N) is 2. The van der Waals surface area contributed by atoms with Crippen LogP contribution in [-0.4, -0.2) is 34.7 Å². The molecule has 0 fully saturated rings. The minimum atomic E-state index is -0.439. The van der Waals surface area contributed by atoms with Crippen molar-refractivity contribution in [1.82, 2.24) is 9.97 Å². The van der Waals surface area contributed by atoms with E-state index < -0.39 is 5.91 Å². The molecule has 0 spiro atoms. The molecule has 0 saturated carbocycles. The Morgan fingerprint density at radius 1 is 1.48 bits per heavy atom. The molecule has 1 aliphatic heterocycles. The lowest BCUT2D eigenvalue weighted by Crippen LogP contribution is -2.40. The first kappa shape index (κ1) is 19.0. The zero-order valence-corrected chi connectivity index (χ0v) is 16.1. The second-order valence-corrected chi connectivity index (χ2v) is 6.98. The standard InChI is InChI=1S/C17H21ClN6O3/c1-8-5-24(26)11(9(2)14(8)27-3)7-23-6-10(4-12(19)25)13-15(18)21-17(20)22-16(13)23/h5,10H,4,6-7H2,1-3H3,(H4-,19,20,21,22,25,26)/p+1. The molecule has 5 N–H and O–H groups in total. The minimum absolute atomic E-state index is 0.0403. The molecule has 1 amide bonds. The molecular formula is C17H22ClN6O3+. The average molecular weight is 394 g/mol. The lowest BCUT2D eigenvalue weighted by molar-refractivity contribution is -0.910. The molecule has 3 rings (SSSR count). The van der Waals surface area contributed by atoms with Crippen LogP contribution in [0.3, 0.4) is 0 Å². The Bertz CT molecular complexity index is 920. The Morgan fingerprint density at radius 2 is 2.19 bits per heavy atom. The highest BCUT2D eigenvalue weighted by atomic mass is 35.5. The van der Waals surface area contributed by atoms with Crippen molar-refractivity contribution in [3.8, 4) is 5.75 Å². The van der Waals surface area contributed by atoms with Crippen LogP contribution in [0.1, 0.15) is 34.7 Å². The molecular weight excluding hydrogens is 372 g/mol. The maximum Gasteiger partial charge on any atom is 0.259 e. The zero-order valence-electron chi connectivity index (χ0n) is 15.4. The minimum Gasteiger partial charge on any atom is -0.496 e. The van der Waals surface area contributed by atoms with Gasteiger partial charge in [-0.15, -0.1) is 0 Å². The van der Waals surface area contributed by atoms with Gasteiger partial charge >= 0.3 is 0 Å². The van der Waals surface area contributed by atoms with Crippen molar-refractivity contribution in [3.63, 3.8) is 0 Å². The summed E-state index contributed by atoms with van der Waals surface area (Å²) in [4.78, 5) is 21.7. The van der Waals surface area contributed by atoms with Crippen LogP contribution in [0.2, 0.25) is 5.15 Å². The summed E-state index contributed by atoms with van der Waals surface area (Å²) in [5, 5.41) is 10.6. The number of nitrogens with zero attached hydrogens (tertiary/aromatic N) is 4. The highest BCUT2D eigenvalue weighted by molar-refractivity contribution is 6.30. The second-order valence-electron chi connectivity index (χ2n) is 6.62. The number of methoxy groups -OCH3 is 1. The quantitative estimate of drug-likeness (QED) is 0.389. The molecule has 10 heteroatoms. The van der Waals surface area contributed by atoms with E-state index in [9.17, 15) is 10.0 Å². The second kappa shape index (κ2) is 7.07. The number of fused-ring (bicyclic) bond motifs is 1. The molecule has 0 aromatic carbocycles. The Hall–Kier alpha value is -2.81. The highest BCUT2D eigenvalue weighted by Gasteiger charge is 2.36. The number of carbonyl (C=O) groups excluding carboxylic acids is 1. The highest BCUT2D eigenvalue weighted by Crippen LogP contribution is 2.41. The maximum absolute atomic E-state index is 11.5. The van der Waals surface area contributed by atoms with Gasteiger partial charge in [0, 0.05) is 29.2 Å². The lowest BCUT2D eigenvalue weighted by atomic mass is 10.0. The fourth-order valence-corrected chi connectivity index (χ4v) is 3.96.